The van der Waals surface area contributed by atoms with Crippen LogP contribution in [0, 0.1) is 13.8 Å². The number of rotatable bonds is 6. The van der Waals surface area contributed by atoms with Crippen molar-refractivity contribution in [3.63, 3.8) is 0 Å². The van der Waals surface area contributed by atoms with Gasteiger partial charge in [-0.1, -0.05) is 36.4 Å². The van der Waals surface area contributed by atoms with Crippen molar-refractivity contribution >= 4 is 5.91 Å². The second-order valence-corrected chi connectivity index (χ2v) is 6.56. The average molecular weight is 349 g/mol. The van der Waals surface area contributed by atoms with Crippen LogP contribution in [0.5, 0.6) is 0 Å². The summed E-state index contributed by atoms with van der Waals surface area (Å²) in [4.78, 5) is 12.9. The van der Waals surface area contributed by atoms with E-state index in [0.717, 1.165) is 29.7 Å². The molecule has 0 aliphatic rings. The van der Waals surface area contributed by atoms with Crippen molar-refractivity contribution in [1.82, 2.24) is 25.5 Å². The molecule has 1 amide bonds. The summed E-state index contributed by atoms with van der Waals surface area (Å²) in [5.41, 5.74) is 4.65. The SMILES string of the molecule is Cc1ccc(C(=O)N[C@H](C)CCc2ccccc2)c(-n2cnnn2)c1C. The molecule has 0 saturated heterocycles. The molecule has 6 nitrogen and oxygen atoms in total. The van der Waals surface area contributed by atoms with Crippen molar-refractivity contribution in [2.24, 2.45) is 0 Å². The Hall–Kier alpha value is -3.02. The van der Waals surface area contributed by atoms with E-state index in [9.17, 15) is 4.79 Å². The van der Waals surface area contributed by atoms with E-state index in [1.165, 1.54) is 11.9 Å². The topological polar surface area (TPSA) is 72.7 Å². The summed E-state index contributed by atoms with van der Waals surface area (Å²) in [6.07, 6.45) is 3.31. The second kappa shape index (κ2) is 7.91. The predicted octanol–water partition coefficient (Wildman–Crippen LogP) is 3.03. The maximum Gasteiger partial charge on any atom is 0.253 e. The summed E-state index contributed by atoms with van der Waals surface area (Å²) >= 11 is 0. The molecular weight excluding hydrogens is 326 g/mol. The van der Waals surface area contributed by atoms with Gasteiger partial charge in [-0.05, 0) is 66.8 Å². The summed E-state index contributed by atoms with van der Waals surface area (Å²) in [6.45, 7) is 6.01. The highest BCUT2D eigenvalue weighted by molar-refractivity contribution is 5.98. The molecular formula is C20H23N5O. The summed E-state index contributed by atoms with van der Waals surface area (Å²) in [7, 11) is 0. The minimum Gasteiger partial charge on any atom is -0.350 e. The molecule has 0 bridgehead atoms. The maximum absolute atomic E-state index is 12.9. The highest BCUT2D eigenvalue weighted by Gasteiger charge is 2.18. The van der Waals surface area contributed by atoms with Crippen LogP contribution in [0.25, 0.3) is 5.69 Å². The Bertz CT molecular complexity index is 875. The summed E-state index contributed by atoms with van der Waals surface area (Å²) < 4.78 is 1.55. The van der Waals surface area contributed by atoms with Crippen LogP contribution < -0.4 is 5.32 Å². The molecule has 0 fully saturated rings. The summed E-state index contributed by atoms with van der Waals surface area (Å²) in [5, 5.41) is 14.4. The fraction of sp³-hybridized carbons (Fsp3) is 0.300. The lowest BCUT2D eigenvalue weighted by molar-refractivity contribution is 0.0938. The van der Waals surface area contributed by atoms with Crippen LogP contribution in [0.4, 0.5) is 0 Å². The molecule has 26 heavy (non-hydrogen) atoms. The van der Waals surface area contributed by atoms with Gasteiger partial charge in [-0.25, -0.2) is 0 Å². The number of hydrogen-bond acceptors (Lipinski definition) is 4. The number of tetrazole rings is 1. The van der Waals surface area contributed by atoms with Gasteiger partial charge in [0, 0.05) is 6.04 Å². The first-order valence-electron chi connectivity index (χ1n) is 8.74. The molecule has 0 aliphatic heterocycles. The number of hydrogen-bond donors (Lipinski definition) is 1. The largest absolute Gasteiger partial charge is 0.350 e. The van der Waals surface area contributed by atoms with Crippen molar-refractivity contribution in [1.29, 1.82) is 0 Å². The minimum atomic E-state index is -0.112. The van der Waals surface area contributed by atoms with Crippen molar-refractivity contribution in [3.8, 4) is 5.69 Å². The highest BCUT2D eigenvalue weighted by Crippen LogP contribution is 2.22. The first-order chi connectivity index (χ1) is 12.6. The molecule has 0 unspecified atom stereocenters. The standard InChI is InChI=1S/C20H23N5O/c1-14-9-12-18(19(16(14)3)25-13-21-23-24-25)20(26)22-15(2)10-11-17-7-5-4-6-8-17/h4-9,12-13,15H,10-11H2,1-3H3,(H,22,26)/t15-/m1/s1. The molecule has 0 aliphatic carbocycles. The fourth-order valence-electron chi connectivity index (χ4n) is 2.94. The Kier molecular flexibility index (Phi) is 5.41. The van der Waals surface area contributed by atoms with E-state index in [1.54, 1.807) is 4.68 Å². The second-order valence-electron chi connectivity index (χ2n) is 6.56. The fourth-order valence-corrected chi connectivity index (χ4v) is 2.94. The van der Waals surface area contributed by atoms with Gasteiger partial charge in [-0.3, -0.25) is 4.79 Å². The van der Waals surface area contributed by atoms with Gasteiger partial charge in [-0.15, -0.1) is 5.10 Å². The average Bonchev–Trinajstić information content (AvgIpc) is 3.17. The molecule has 3 aromatic rings. The zero-order chi connectivity index (χ0) is 18.5. The van der Waals surface area contributed by atoms with E-state index in [-0.39, 0.29) is 11.9 Å². The van der Waals surface area contributed by atoms with Crippen molar-refractivity contribution in [2.45, 2.75) is 39.7 Å². The highest BCUT2D eigenvalue weighted by atomic mass is 16.1. The van der Waals surface area contributed by atoms with Crippen LogP contribution in [-0.4, -0.2) is 32.2 Å². The molecule has 2 aromatic carbocycles. The van der Waals surface area contributed by atoms with Crippen molar-refractivity contribution < 1.29 is 4.79 Å². The smallest absolute Gasteiger partial charge is 0.253 e. The van der Waals surface area contributed by atoms with Crippen LogP contribution in [-0.2, 0) is 6.42 Å². The first-order valence-corrected chi connectivity index (χ1v) is 8.74. The lowest BCUT2D eigenvalue weighted by Gasteiger charge is -2.17. The lowest BCUT2D eigenvalue weighted by atomic mass is 10.0. The quantitative estimate of drug-likeness (QED) is 0.742. The Morgan fingerprint density at radius 3 is 2.62 bits per heavy atom. The number of carbonyl (C=O) groups is 1. The number of benzene rings is 2. The third-order valence-corrected chi connectivity index (χ3v) is 4.61. The minimum absolute atomic E-state index is 0.0611. The van der Waals surface area contributed by atoms with Crippen LogP contribution in [0.1, 0.15) is 40.4 Å². The van der Waals surface area contributed by atoms with Crippen LogP contribution in [0.2, 0.25) is 0 Å². The Morgan fingerprint density at radius 1 is 1.15 bits per heavy atom. The normalized spacial score (nSPS) is 12.0. The molecule has 1 aromatic heterocycles. The molecule has 3 rings (SSSR count). The summed E-state index contributed by atoms with van der Waals surface area (Å²) in [5.74, 6) is -0.112. The lowest BCUT2D eigenvalue weighted by Crippen LogP contribution is -2.33. The monoisotopic (exact) mass is 349 g/mol. The summed E-state index contributed by atoms with van der Waals surface area (Å²) in [6, 6.07) is 14.1. The van der Waals surface area contributed by atoms with E-state index in [2.05, 4.69) is 33.0 Å². The van der Waals surface area contributed by atoms with Gasteiger partial charge < -0.3 is 5.32 Å². The van der Waals surface area contributed by atoms with Gasteiger partial charge in [0.25, 0.3) is 5.91 Å². The zero-order valence-corrected chi connectivity index (χ0v) is 15.3. The van der Waals surface area contributed by atoms with Gasteiger partial charge in [0.1, 0.15) is 6.33 Å². The zero-order valence-electron chi connectivity index (χ0n) is 15.3. The number of aromatic nitrogens is 4. The molecule has 1 atom stereocenters. The molecule has 0 spiro atoms. The Morgan fingerprint density at radius 2 is 1.92 bits per heavy atom. The molecule has 6 heteroatoms. The first kappa shape index (κ1) is 17.8. The van der Waals surface area contributed by atoms with E-state index in [1.807, 2.05) is 51.1 Å². The van der Waals surface area contributed by atoms with E-state index in [0.29, 0.717) is 5.56 Å². The van der Waals surface area contributed by atoms with Crippen LogP contribution in [0.15, 0.2) is 48.8 Å². The number of carbonyl (C=O) groups excluding carboxylic acids is 1. The number of amides is 1. The van der Waals surface area contributed by atoms with Crippen LogP contribution in [0.3, 0.4) is 0 Å². The van der Waals surface area contributed by atoms with Crippen LogP contribution >= 0.6 is 0 Å². The van der Waals surface area contributed by atoms with Gasteiger partial charge in [-0.2, -0.15) is 4.68 Å². The molecule has 0 radical (unpaired) electrons. The maximum atomic E-state index is 12.9. The van der Waals surface area contributed by atoms with Crippen molar-refractivity contribution in [3.05, 3.63) is 71.0 Å². The molecule has 134 valence electrons. The molecule has 1 heterocycles. The Balaban J connectivity index is 1.74. The van der Waals surface area contributed by atoms with E-state index < -0.39 is 0 Å². The van der Waals surface area contributed by atoms with E-state index >= 15 is 0 Å². The van der Waals surface area contributed by atoms with Gasteiger partial charge in [0.15, 0.2) is 0 Å². The third kappa shape index (κ3) is 3.96. The van der Waals surface area contributed by atoms with Gasteiger partial charge in [0.05, 0.1) is 11.3 Å². The molecule has 0 saturated carbocycles. The molecule has 1 N–H and O–H groups in total. The number of aryl methyl sites for hydroxylation is 2. The third-order valence-electron chi connectivity index (χ3n) is 4.61. The predicted molar refractivity (Wildman–Crippen MR) is 100 cm³/mol. The van der Waals surface area contributed by atoms with Gasteiger partial charge in [0.2, 0.25) is 0 Å². The number of nitrogens with zero attached hydrogens (tertiary/aromatic N) is 4. The van der Waals surface area contributed by atoms with E-state index in [4.69, 9.17) is 0 Å². The van der Waals surface area contributed by atoms with Crippen molar-refractivity contribution in [2.75, 3.05) is 0 Å². The van der Waals surface area contributed by atoms with Gasteiger partial charge >= 0.3 is 0 Å². The Labute approximate surface area is 153 Å². The number of nitrogens with one attached hydrogen (secondary N) is 1.